The van der Waals surface area contributed by atoms with E-state index < -0.39 is 16.0 Å². The predicted octanol–water partition coefficient (Wildman–Crippen LogP) is 1.65. The topological polar surface area (TPSA) is 74.7 Å². The first-order chi connectivity index (χ1) is 9.25. The van der Waals surface area contributed by atoms with Crippen molar-refractivity contribution in [1.82, 2.24) is 4.31 Å². The second kappa shape index (κ2) is 6.07. The number of aromatic carboxylic acids is 1. The fourth-order valence-electron chi connectivity index (χ4n) is 1.95. The number of sulfonamides is 1. The Labute approximate surface area is 119 Å². The summed E-state index contributed by atoms with van der Waals surface area (Å²) in [6.45, 7) is 5.12. The lowest BCUT2D eigenvalue weighted by molar-refractivity contribution is 0.0696. The molecule has 0 aromatic heterocycles. The van der Waals surface area contributed by atoms with Gasteiger partial charge in [0.2, 0.25) is 10.0 Å². The van der Waals surface area contributed by atoms with Crippen LogP contribution in [0.1, 0.15) is 28.4 Å². The van der Waals surface area contributed by atoms with E-state index in [0.29, 0.717) is 11.1 Å². The number of carbonyl (C=O) groups is 1. The third-order valence-electron chi connectivity index (χ3n) is 2.99. The summed E-state index contributed by atoms with van der Waals surface area (Å²) >= 11 is 0. The molecular weight excluding hydrogens is 278 g/mol. The van der Waals surface area contributed by atoms with E-state index in [9.17, 15) is 13.2 Å². The Morgan fingerprint density at radius 3 is 2.40 bits per heavy atom. The highest BCUT2D eigenvalue weighted by molar-refractivity contribution is 7.89. The number of hydrogen-bond donors (Lipinski definition) is 1. The van der Waals surface area contributed by atoms with E-state index in [1.807, 2.05) is 0 Å². The molecule has 0 fully saturated rings. The first-order valence-corrected chi connectivity index (χ1v) is 7.47. The van der Waals surface area contributed by atoms with Gasteiger partial charge >= 0.3 is 5.97 Å². The van der Waals surface area contributed by atoms with Crippen LogP contribution < -0.4 is 0 Å². The second-order valence-corrected chi connectivity index (χ2v) is 6.28. The van der Waals surface area contributed by atoms with Crippen molar-refractivity contribution in [3.63, 3.8) is 0 Å². The molecule has 0 unspecified atom stereocenters. The minimum atomic E-state index is -3.79. The summed E-state index contributed by atoms with van der Waals surface area (Å²) < 4.78 is 26.1. The van der Waals surface area contributed by atoms with Gasteiger partial charge in [-0.05, 0) is 31.0 Å². The van der Waals surface area contributed by atoms with Gasteiger partial charge in [0, 0.05) is 6.54 Å². The summed E-state index contributed by atoms with van der Waals surface area (Å²) in [5.41, 5.74) is 1.00. The molecule has 1 aromatic rings. The lowest BCUT2D eigenvalue weighted by atomic mass is 10.1. The maximum Gasteiger partial charge on any atom is 0.335 e. The van der Waals surface area contributed by atoms with Crippen molar-refractivity contribution < 1.29 is 18.3 Å². The Balaban J connectivity index is 3.50. The summed E-state index contributed by atoms with van der Waals surface area (Å²) in [6, 6.07) is 2.75. The van der Waals surface area contributed by atoms with Crippen LogP contribution in [0.4, 0.5) is 0 Å². The number of rotatable bonds is 5. The van der Waals surface area contributed by atoms with Gasteiger partial charge in [0.15, 0.2) is 0 Å². The van der Waals surface area contributed by atoms with Gasteiger partial charge in [0.05, 0.1) is 17.0 Å². The van der Waals surface area contributed by atoms with Gasteiger partial charge in [-0.2, -0.15) is 4.31 Å². The number of carboxylic acids is 1. The first-order valence-electron chi connectivity index (χ1n) is 6.03. The fraction of sp³-hybridized carbons (Fsp3) is 0.357. The van der Waals surface area contributed by atoms with Crippen LogP contribution in [0.25, 0.3) is 0 Å². The van der Waals surface area contributed by atoms with Crippen molar-refractivity contribution in [1.29, 1.82) is 0 Å². The number of nitrogens with zero attached hydrogens (tertiary/aromatic N) is 1. The molecule has 0 heterocycles. The van der Waals surface area contributed by atoms with Crippen LogP contribution in [0, 0.1) is 26.2 Å². The van der Waals surface area contributed by atoms with E-state index in [0.717, 1.165) is 4.31 Å². The number of hydrogen-bond acceptors (Lipinski definition) is 3. The molecule has 1 aromatic carbocycles. The van der Waals surface area contributed by atoms with Gasteiger partial charge < -0.3 is 5.11 Å². The monoisotopic (exact) mass is 295 g/mol. The van der Waals surface area contributed by atoms with Crippen LogP contribution in [0.15, 0.2) is 17.0 Å². The quantitative estimate of drug-likeness (QED) is 0.838. The number of aryl methyl sites for hydroxylation is 2. The van der Waals surface area contributed by atoms with Gasteiger partial charge in [0.25, 0.3) is 0 Å². The standard InChI is InChI=1S/C14H17NO4S/c1-5-7-15(6-2)20(18,19)13-9-12(14(16)17)10(3)8-11(13)4/h1,8-9H,6-7H2,2-4H3,(H,16,17). The number of terminal acetylenes is 1. The van der Waals surface area contributed by atoms with Crippen LogP contribution in [-0.2, 0) is 10.0 Å². The van der Waals surface area contributed by atoms with E-state index in [1.165, 1.54) is 6.07 Å². The molecule has 0 radical (unpaired) electrons. The average Bonchev–Trinajstić information content (AvgIpc) is 2.34. The van der Waals surface area contributed by atoms with E-state index in [-0.39, 0.29) is 23.5 Å². The Morgan fingerprint density at radius 1 is 1.35 bits per heavy atom. The maximum absolute atomic E-state index is 12.5. The molecule has 0 aliphatic heterocycles. The lowest BCUT2D eigenvalue weighted by Gasteiger charge is -2.20. The molecule has 5 nitrogen and oxygen atoms in total. The van der Waals surface area contributed by atoms with Gasteiger partial charge in [-0.3, -0.25) is 0 Å². The van der Waals surface area contributed by atoms with E-state index in [1.54, 1.807) is 26.8 Å². The molecule has 1 rings (SSSR count). The number of carboxylic acid groups (broad SMARTS) is 1. The average molecular weight is 295 g/mol. The SMILES string of the molecule is C#CCN(CC)S(=O)(=O)c1cc(C(=O)O)c(C)cc1C. The molecule has 0 saturated heterocycles. The van der Waals surface area contributed by atoms with Crippen LogP contribution in [0.2, 0.25) is 0 Å². The molecule has 108 valence electrons. The van der Waals surface area contributed by atoms with Crippen molar-refractivity contribution in [2.24, 2.45) is 0 Å². The fourth-order valence-corrected chi connectivity index (χ4v) is 3.54. The largest absolute Gasteiger partial charge is 0.478 e. The maximum atomic E-state index is 12.5. The summed E-state index contributed by atoms with van der Waals surface area (Å²) in [7, 11) is -3.79. The van der Waals surface area contributed by atoms with Crippen LogP contribution in [0.5, 0.6) is 0 Å². The molecule has 0 amide bonds. The zero-order chi connectivity index (χ0) is 15.5. The zero-order valence-corrected chi connectivity index (χ0v) is 12.5. The second-order valence-electron chi connectivity index (χ2n) is 4.37. The van der Waals surface area contributed by atoms with Gasteiger partial charge in [-0.15, -0.1) is 6.42 Å². The smallest absolute Gasteiger partial charge is 0.335 e. The van der Waals surface area contributed by atoms with Gasteiger partial charge in [0.1, 0.15) is 0 Å². The Morgan fingerprint density at radius 2 is 1.95 bits per heavy atom. The van der Waals surface area contributed by atoms with Gasteiger partial charge in [-0.25, -0.2) is 13.2 Å². The minimum Gasteiger partial charge on any atom is -0.478 e. The predicted molar refractivity (Wildman–Crippen MR) is 76.1 cm³/mol. The van der Waals surface area contributed by atoms with Crippen molar-refractivity contribution in [2.75, 3.05) is 13.1 Å². The highest BCUT2D eigenvalue weighted by Crippen LogP contribution is 2.23. The lowest BCUT2D eigenvalue weighted by Crippen LogP contribution is -2.32. The number of benzene rings is 1. The molecule has 0 saturated carbocycles. The molecule has 1 N–H and O–H groups in total. The summed E-state index contributed by atoms with van der Waals surface area (Å²) in [5, 5.41) is 9.11. The molecule has 6 heteroatoms. The Kier molecular flexibility index (Phi) is 4.93. The van der Waals surface area contributed by atoms with Crippen LogP contribution in [-0.4, -0.2) is 36.9 Å². The first kappa shape index (κ1) is 16.2. The highest BCUT2D eigenvalue weighted by Gasteiger charge is 2.26. The zero-order valence-electron chi connectivity index (χ0n) is 11.7. The highest BCUT2D eigenvalue weighted by atomic mass is 32.2. The van der Waals surface area contributed by atoms with Crippen molar-refractivity contribution in [3.8, 4) is 12.3 Å². The van der Waals surface area contributed by atoms with Crippen LogP contribution >= 0.6 is 0 Å². The molecule has 0 aliphatic rings. The summed E-state index contributed by atoms with van der Waals surface area (Å²) in [4.78, 5) is 11.1. The van der Waals surface area contributed by atoms with Crippen molar-refractivity contribution >= 4 is 16.0 Å². The molecule has 0 atom stereocenters. The third kappa shape index (κ3) is 3.00. The third-order valence-corrected chi connectivity index (χ3v) is 5.05. The van der Waals surface area contributed by atoms with E-state index in [2.05, 4.69) is 5.92 Å². The van der Waals surface area contributed by atoms with Crippen molar-refractivity contribution in [2.45, 2.75) is 25.7 Å². The Hall–Kier alpha value is -1.84. The van der Waals surface area contributed by atoms with Gasteiger partial charge in [-0.1, -0.05) is 18.9 Å². The summed E-state index contributed by atoms with van der Waals surface area (Å²) in [6.07, 6.45) is 5.17. The van der Waals surface area contributed by atoms with Crippen LogP contribution in [0.3, 0.4) is 0 Å². The molecular formula is C14H17NO4S. The Bertz CT molecular complexity index is 671. The normalized spacial score (nSPS) is 11.3. The molecule has 0 bridgehead atoms. The molecule has 0 spiro atoms. The summed E-state index contributed by atoms with van der Waals surface area (Å²) in [5.74, 6) is 1.14. The molecule has 0 aliphatic carbocycles. The minimum absolute atomic E-state index is 0.0161. The van der Waals surface area contributed by atoms with E-state index in [4.69, 9.17) is 11.5 Å². The van der Waals surface area contributed by atoms with E-state index >= 15 is 0 Å². The molecule has 20 heavy (non-hydrogen) atoms. The van der Waals surface area contributed by atoms with Crippen molar-refractivity contribution in [3.05, 3.63) is 28.8 Å².